The molecular formula is C11H11N3O2S. The van der Waals surface area contributed by atoms with Gasteiger partial charge in [0.15, 0.2) is 6.20 Å². The van der Waals surface area contributed by atoms with E-state index in [0.717, 1.165) is 5.69 Å². The molecule has 0 spiro atoms. The Morgan fingerprint density at radius 3 is 2.82 bits per heavy atom. The van der Waals surface area contributed by atoms with E-state index in [1.165, 1.54) is 17.1 Å². The molecule has 88 valence electrons. The van der Waals surface area contributed by atoms with Crippen LogP contribution in [-0.2, 0) is 0 Å². The molecule has 0 radical (unpaired) electrons. The Hall–Kier alpha value is -1.95. The van der Waals surface area contributed by atoms with Crippen LogP contribution in [0.3, 0.4) is 0 Å². The Morgan fingerprint density at radius 2 is 2.29 bits per heavy atom. The SMILES string of the molecule is C[C@@H](Nc1ccc([N+](=O)[O-])nc1)c1cccs1. The predicted octanol–water partition coefficient (Wildman–Crippen LogP) is 3.22. The number of nitro groups is 1. The summed E-state index contributed by atoms with van der Waals surface area (Å²) in [4.78, 5) is 14.9. The van der Waals surface area contributed by atoms with E-state index in [9.17, 15) is 10.1 Å². The number of nitrogens with zero attached hydrogens (tertiary/aromatic N) is 2. The topological polar surface area (TPSA) is 68.1 Å². The van der Waals surface area contributed by atoms with Gasteiger partial charge in [-0.25, -0.2) is 0 Å². The van der Waals surface area contributed by atoms with E-state index in [1.54, 1.807) is 17.4 Å². The van der Waals surface area contributed by atoms with E-state index >= 15 is 0 Å². The zero-order chi connectivity index (χ0) is 12.3. The largest absolute Gasteiger partial charge is 0.375 e. The van der Waals surface area contributed by atoms with E-state index in [4.69, 9.17) is 0 Å². The fourth-order valence-electron chi connectivity index (χ4n) is 1.44. The van der Waals surface area contributed by atoms with Crippen molar-refractivity contribution >= 4 is 22.8 Å². The lowest BCUT2D eigenvalue weighted by atomic mass is 10.2. The van der Waals surface area contributed by atoms with E-state index in [-0.39, 0.29) is 11.9 Å². The third-order valence-electron chi connectivity index (χ3n) is 2.29. The summed E-state index contributed by atoms with van der Waals surface area (Å²) in [6, 6.07) is 7.25. The standard InChI is InChI=1S/C11H11N3O2S/c1-8(10-3-2-6-17-10)13-9-4-5-11(12-7-9)14(15)16/h2-8,13H,1H3/t8-/m1/s1. The molecule has 1 atom stereocenters. The molecule has 2 heterocycles. The summed E-state index contributed by atoms with van der Waals surface area (Å²) < 4.78 is 0. The molecule has 0 saturated carbocycles. The van der Waals surface area contributed by atoms with Crippen molar-refractivity contribution in [2.24, 2.45) is 0 Å². The molecule has 2 aromatic heterocycles. The molecule has 0 fully saturated rings. The lowest BCUT2D eigenvalue weighted by molar-refractivity contribution is -0.389. The number of nitrogens with one attached hydrogen (secondary N) is 1. The van der Waals surface area contributed by atoms with E-state index in [0.29, 0.717) is 0 Å². The molecule has 1 N–H and O–H groups in total. The second-order valence-corrected chi connectivity index (χ2v) is 4.52. The molecule has 6 heteroatoms. The zero-order valence-corrected chi connectivity index (χ0v) is 9.98. The van der Waals surface area contributed by atoms with Crippen LogP contribution in [0.4, 0.5) is 11.5 Å². The van der Waals surface area contributed by atoms with Gasteiger partial charge in [-0.1, -0.05) is 6.07 Å². The van der Waals surface area contributed by atoms with Gasteiger partial charge in [0, 0.05) is 10.9 Å². The number of pyridine rings is 1. The first-order valence-corrected chi connectivity index (χ1v) is 5.95. The van der Waals surface area contributed by atoms with Gasteiger partial charge in [-0.05, 0) is 34.3 Å². The monoisotopic (exact) mass is 249 g/mol. The molecule has 2 aromatic rings. The fourth-order valence-corrected chi connectivity index (χ4v) is 2.17. The van der Waals surface area contributed by atoms with Crippen molar-refractivity contribution < 1.29 is 4.92 Å². The number of rotatable bonds is 4. The van der Waals surface area contributed by atoms with Crippen molar-refractivity contribution in [2.75, 3.05) is 5.32 Å². The van der Waals surface area contributed by atoms with Crippen LogP contribution >= 0.6 is 11.3 Å². The van der Waals surface area contributed by atoms with Crippen LogP contribution in [0.2, 0.25) is 0 Å². The highest BCUT2D eigenvalue weighted by Crippen LogP contribution is 2.23. The van der Waals surface area contributed by atoms with E-state index < -0.39 is 4.92 Å². The Labute approximate surface area is 102 Å². The summed E-state index contributed by atoms with van der Waals surface area (Å²) in [5, 5.41) is 15.7. The average molecular weight is 249 g/mol. The smallest absolute Gasteiger partial charge is 0.363 e. The Kier molecular flexibility index (Phi) is 3.34. The van der Waals surface area contributed by atoms with Gasteiger partial charge in [-0.2, -0.15) is 0 Å². The van der Waals surface area contributed by atoms with Gasteiger partial charge in [0.05, 0.1) is 11.7 Å². The third-order valence-corrected chi connectivity index (χ3v) is 3.34. The minimum atomic E-state index is -0.507. The Morgan fingerprint density at radius 1 is 1.47 bits per heavy atom. The summed E-state index contributed by atoms with van der Waals surface area (Å²) in [5.41, 5.74) is 0.775. The van der Waals surface area contributed by atoms with E-state index in [1.807, 2.05) is 24.4 Å². The van der Waals surface area contributed by atoms with Gasteiger partial charge in [0.25, 0.3) is 0 Å². The van der Waals surface area contributed by atoms with Gasteiger partial charge in [-0.15, -0.1) is 11.3 Å². The van der Waals surface area contributed by atoms with Crippen LogP contribution in [0, 0.1) is 10.1 Å². The molecule has 0 aliphatic rings. The maximum Gasteiger partial charge on any atom is 0.363 e. The Bertz CT molecular complexity index is 496. The second kappa shape index (κ2) is 4.92. The van der Waals surface area contributed by atoms with Crippen LogP contribution in [0.15, 0.2) is 35.8 Å². The lowest BCUT2D eigenvalue weighted by Gasteiger charge is -2.11. The quantitative estimate of drug-likeness (QED) is 0.667. The van der Waals surface area contributed by atoms with Gasteiger partial charge in [0.2, 0.25) is 0 Å². The van der Waals surface area contributed by atoms with Crippen LogP contribution in [0.1, 0.15) is 17.8 Å². The minimum Gasteiger partial charge on any atom is -0.375 e. The van der Waals surface area contributed by atoms with Crippen LogP contribution < -0.4 is 5.32 Å². The highest BCUT2D eigenvalue weighted by molar-refractivity contribution is 7.10. The summed E-state index contributed by atoms with van der Waals surface area (Å²) in [6.45, 7) is 2.03. The van der Waals surface area contributed by atoms with Crippen molar-refractivity contribution in [1.82, 2.24) is 4.98 Å². The second-order valence-electron chi connectivity index (χ2n) is 3.54. The molecule has 0 aliphatic heterocycles. The zero-order valence-electron chi connectivity index (χ0n) is 9.16. The predicted molar refractivity (Wildman–Crippen MR) is 67.2 cm³/mol. The Balaban J connectivity index is 2.06. The van der Waals surface area contributed by atoms with Crippen molar-refractivity contribution in [3.8, 4) is 0 Å². The first-order chi connectivity index (χ1) is 8.16. The van der Waals surface area contributed by atoms with Crippen molar-refractivity contribution in [3.63, 3.8) is 0 Å². The van der Waals surface area contributed by atoms with Crippen LogP contribution in [0.5, 0.6) is 0 Å². The van der Waals surface area contributed by atoms with Gasteiger partial charge >= 0.3 is 5.82 Å². The van der Waals surface area contributed by atoms with Crippen molar-refractivity contribution in [3.05, 3.63) is 50.8 Å². The molecular weight excluding hydrogens is 238 g/mol. The third kappa shape index (κ3) is 2.79. The first-order valence-electron chi connectivity index (χ1n) is 5.07. The van der Waals surface area contributed by atoms with Gasteiger partial charge in [0.1, 0.15) is 0 Å². The molecule has 0 saturated heterocycles. The van der Waals surface area contributed by atoms with Crippen molar-refractivity contribution in [1.29, 1.82) is 0 Å². The lowest BCUT2D eigenvalue weighted by Crippen LogP contribution is -2.05. The fraction of sp³-hybridized carbons (Fsp3) is 0.182. The molecule has 0 aliphatic carbocycles. The number of aromatic nitrogens is 1. The van der Waals surface area contributed by atoms with Crippen LogP contribution in [-0.4, -0.2) is 9.91 Å². The maximum absolute atomic E-state index is 10.4. The molecule has 0 aromatic carbocycles. The number of anilines is 1. The number of hydrogen-bond donors (Lipinski definition) is 1. The minimum absolute atomic E-state index is 0.140. The number of hydrogen-bond acceptors (Lipinski definition) is 5. The highest BCUT2D eigenvalue weighted by Gasteiger charge is 2.09. The van der Waals surface area contributed by atoms with Gasteiger partial charge < -0.3 is 15.4 Å². The first kappa shape index (κ1) is 11.5. The summed E-state index contributed by atoms with van der Waals surface area (Å²) in [6.07, 6.45) is 1.47. The molecule has 17 heavy (non-hydrogen) atoms. The molecule has 2 rings (SSSR count). The maximum atomic E-state index is 10.4. The highest BCUT2D eigenvalue weighted by atomic mass is 32.1. The molecule has 5 nitrogen and oxygen atoms in total. The normalized spacial score (nSPS) is 12.1. The molecule has 0 bridgehead atoms. The van der Waals surface area contributed by atoms with Crippen LogP contribution in [0.25, 0.3) is 0 Å². The van der Waals surface area contributed by atoms with Crippen molar-refractivity contribution in [2.45, 2.75) is 13.0 Å². The molecule has 0 amide bonds. The molecule has 0 unspecified atom stereocenters. The average Bonchev–Trinajstić information content (AvgIpc) is 2.83. The summed E-state index contributed by atoms with van der Waals surface area (Å²) in [5.74, 6) is -0.140. The number of thiophene rings is 1. The summed E-state index contributed by atoms with van der Waals surface area (Å²) >= 11 is 1.67. The summed E-state index contributed by atoms with van der Waals surface area (Å²) in [7, 11) is 0. The van der Waals surface area contributed by atoms with Gasteiger partial charge in [-0.3, -0.25) is 0 Å². The van der Waals surface area contributed by atoms with E-state index in [2.05, 4.69) is 10.3 Å².